The smallest absolute Gasteiger partial charge is 0.269 e. The fraction of sp³-hybridized carbons (Fsp3) is 0.481. The number of methoxy groups -OCH3 is 1. The van der Waals surface area contributed by atoms with Gasteiger partial charge in [-0.15, -0.1) is 11.8 Å². The standard InChI is InChI=1S/C27H35N3O5S/c1-3-25(27(32)28-22-9-5-4-6-10-22)29(17-21-8-7-11-24(16-21)35-2)26(31)19-36-18-20-12-14-23(15-13-20)30(33)34/h7-8,11-16,22,25H,3-6,9-10,17-19H2,1-2H3,(H,28,32)/t25-/m0/s1. The van der Waals surface area contributed by atoms with Gasteiger partial charge in [0.05, 0.1) is 17.8 Å². The van der Waals surface area contributed by atoms with Gasteiger partial charge < -0.3 is 15.0 Å². The van der Waals surface area contributed by atoms with Crippen molar-refractivity contribution in [2.75, 3.05) is 12.9 Å². The molecule has 9 heteroatoms. The summed E-state index contributed by atoms with van der Waals surface area (Å²) in [5.41, 5.74) is 1.84. The molecule has 194 valence electrons. The summed E-state index contributed by atoms with van der Waals surface area (Å²) in [4.78, 5) is 38.8. The predicted octanol–water partition coefficient (Wildman–Crippen LogP) is 5.09. The fourth-order valence-corrected chi connectivity index (χ4v) is 5.35. The molecule has 3 rings (SSSR count). The van der Waals surface area contributed by atoms with E-state index in [-0.39, 0.29) is 29.3 Å². The van der Waals surface area contributed by atoms with Crippen LogP contribution in [0, 0.1) is 10.1 Å². The zero-order chi connectivity index (χ0) is 25.9. The zero-order valence-corrected chi connectivity index (χ0v) is 21.8. The lowest BCUT2D eigenvalue weighted by atomic mass is 9.95. The first-order valence-corrected chi connectivity index (χ1v) is 13.6. The lowest BCUT2D eigenvalue weighted by Gasteiger charge is -2.32. The molecule has 1 N–H and O–H groups in total. The zero-order valence-electron chi connectivity index (χ0n) is 21.0. The van der Waals surface area contributed by atoms with E-state index >= 15 is 0 Å². The average molecular weight is 514 g/mol. The number of benzene rings is 2. The summed E-state index contributed by atoms with van der Waals surface area (Å²) in [5.74, 6) is 1.24. The van der Waals surface area contributed by atoms with Crippen molar-refractivity contribution in [2.45, 2.75) is 69.8 Å². The number of carbonyl (C=O) groups is 2. The highest BCUT2D eigenvalue weighted by atomic mass is 32.2. The second-order valence-electron chi connectivity index (χ2n) is 9.06. The van der Waals surface area contributed by atoms with Gasteiger partial charge in [-0.3, -0.25) is 19.7 Å². The molecule has 1 aliphatic rings. The maximum Gasteiger partial charge on any atom is 0.269 e. The third kappa shape index (κ3) is 7.98. The second-order valence-corrected chi connectivity index (χ2v) is 10.0. The number of amides is 2. The molecule has 1 saturated carbocycles. The Bertz CT molecular complexity index is 1020. The van der Waals surface area contributed by atoms with E-state index in [0.717, 1.165) is 36.8 Å². The van der Waals surface area contributed by atoms with Gasteiger partial charge in [0, 0.05) is 30.5 Å². The van der Waals surface area contributed by atoms with Crippen LogP contribution in [0.4, 0.5) is 5.69 Å². The maximum absolute atomic E-state index is 13.4. The number of thioether (sulfide) groups is 1. The third-order valence-electron chi connectivity index (χ3n) is 6.47. The number of nitrogens with zero attached hydrogens (tertiary/aromatic N) is 2. The van der Waals surface area contributed by atoms with E-state index in [0.29, 0.717) is 24.5 Å². The highest BCUT2D eigenvalue weighted by Crippen LogP contribution is 2.22. The van der Waals surface area contributed by atoms with Gasteiger partial charge in [0.15, 0.2) is 0 Å². The van der Waals surface area contributed by atoms with Gasteiger partial charge in [0.2, 0.25) is 11.8 Å². The second kappa shape index (κ2) is 13.9. The van der Waals surface area contributed by atoms with Crippen LogP contribution < -0.4 is 10.1 Å². The number of nitro groups is 1. The molecule has 2 amide bonds. The van der Waals surface area contributed by atoms with Crippen molar-refractivity contribution in [1.82, 2.24) is 10.2 Å². The van der Waals surface area contributed by atoms with Crippen molar-refractivity contribution in [2.24, 2.45) is 0 Å². The van der Waals surface area contributed by atoms with Crippen molar-refractivity contribution in [3.05, 3.63) is 69.8 Å². The first kappa shape index (κ1) is 27.5. The third-order valence-corrected chi connectivity index (χ3v) is 7.45. The molecule has 0 saturated heterocycles. The van der Waals surface area contributed by atoms with E-state index in [2.05, 4.69) is 5.32 Å². The highest BCUT2D eigenvalue weighted by Gasteiger charge is 2.30. The molecule has 0 aliphatic heterocycles. The Labute approximate surface area is 216 Å². The number of nitrogens with one attached hydrogen (secondary N) is 1. The molecule has 1 aliphatic carbocycles. The van der Waals surface area contributed by atoms with Gasteiger partial charge in [0.1, 0.15) is 11.8 Å². The summed E-state index contributed by atoms with van der Waals surface area (Å²) in [6, 6.07) is 13.5. The fourth-order valence-electron chi connectivity index (χ4n) is 4.48. The van der Waals surface area contributed by atoms with Gasteiger partial charge in [0.25, 0.3) is 5.69 Å². The molecule has 1 fully saturated rings. The summed E-state index contributed by atoms with van der Waals surface area (Å²) < 4.78 is 5.34. The Morgan fingerprint density at radius 3 is 2.50 bits per heavy atom. The van der Waals surface area contributed by atoms with Gasteiger partial charge in [-0.2, -0.15) is 0 Å². The van der Waals surface area contributed by atoms with Crippen LogP contribution in [0.3, 0.4) is 0 Å². The van der Waals surface area contributed by atoms with Crippen LogP contribution in [0.2, 0.25) is 0 Å². The van der Waals surface area contributed by atoms with Crippen LogP contribution in [-0.2, 0) is 21.9 Å². The highest BCUT2D eigenvalue weighted by molar-refractivity contribution is 7.99. The Balaban J connectivity index is 1.70. The van der Waals surface area contributed by atoms with Gasteiger partial charge in [-0.1, -0.05) is 50.5 Å². The number of hydrogen-bond acceptors (Lipinski definition) is 6. The summed E-state index contributed by atoms with van der Waals surface area (Å²) in [5, 5.41) is 14.1. The molecule has 2 aromatic carbocycles. The Morgan fingerprint density at radius 1 is 1.14 bits per heavy atom. The van der Waals surface area contributed by atoms with Crippen LogP contribution in [0.5, 0.6) is 5.75 Å². The summed E-state index contributed by atoms with van der Waals surface area (Å²) >= 11 is 1.43. The first-order chi connectivity index (χ1) is 17.4. The monoisotopic (exact) mass is 513 g/mol. The summed E-state index contributed by atoms with van der Waals surface area (Å²) in [6.45, 7) is 2.24. The molecule has 36 heavy (non-hydrogen) atoms. The normalized spacial score (nSPS) is 14.6. The summed E-state index contributed by atoms with van der Waals surface area (Å²) in [6.07, 6.45) is 5.92. The van der Waals surface area contributed by atoms with Crippen molar-refractivity contribution in [1.29, 1.82) is 0 Å². The van der Waals surface area contributed by atoms with Crippen LogP contribution in [0.1, 0.15) is 56.6 Å². The SMILES string of the molecule is CC[C@@H](C(=O)NC1CCCCC1)N(Cc1cccc(OC)c1)C(=O)CSCc1ccc([N+](=O)[O-])cc1. The number of non-ortho nitro benzene ring substituents is 1. The molecule has 2 aromatic rings. The number of nitro benzene ring substituents is 1. The predicted molar refractivity (Wildman–Crippen MR) is 142 cm³/mol. The van der Waals surface area contributed by atoms with Crippen molar-refractivity contribution in [3.8, 4) is 5.75 Å². The quantitative estimate of drug-likeness (QED) is 0.313. The molecule has 0 heterocycles. The lowest BCUT2D eigenvalue weighted by molar-refractivity contribution is -0.384. The minimum absolute atomic E-state index is 0.0408. The molecule has 8 nitrogen and oxygen atoms in total. The molecule has 0 spiro atoms. The number of ether oxygens (including phenoxy) is 1. The molecular weight excluding hydrogens is 478 g/mol. The van der Waals surface area contributed by atoms with Crippen LogP contribution >= 0.6 is 11.8 Å². The van der Waals surface area contributed by atoms with Gasteiger partial charge in [-0.25, -0.2) is 0 Å². The largest absolute Gasteiger partial charge is 0.497 e. The average Bonchev–Trinajstić information content (AvgIpc) is 2.89. The van der Waals surface area contributed by atoms with Gasteiger partial charge in [-0.05, 0) is 42.5 Å². The van der Waals surface area contributed by atoms with E-state index in [1.807, 2.05) is 31.2 Å². The van der Waals surface area contributed by atoms with Crippen LogP contribution in [0.15, 0.2) is 48.5 Å². The maximum atomic E-state index is 13.4. The van der Waals surface area contributed by atoms with E-state index in [1.54, 1.807) is 24.1 Å². The molecule has 0 unspecified atom stereocenters. The van der Waals surface area contributed by atoms with Crippen molar-refractivity contribution < 1.29 is 19.2 Å². The van der Waals surface area contributed by atoms with Gasteiger partial charge >= 0.3 is 0 Å². The van der Waals surface area contributed by atoms with Crippen LogP contribution in [0.25, 0.3) is 0 Å². The number of rotatable bonds is 12. The number of carbonyl (C=O) groups excluding carboxylic acids is 2. The Kier molecular flexibility index (Phi) is 10.6. The minimum atomic E-state index is -0.564. The molecular formula is C27H35N3O5S. The Morgan fingerprint density at radius 2 is 1.86 bits per heavy atom. The minimum Gasteiger partial charge on any atom is -0.497 e. The molecule has 0 bridgehead atoms. The van der Waals surface area contributed by atoms with E-state index in [9.17, 15) is 19.7 Å². The van der Waals surface area contributed by atoms with E-state index in [4.69, 9.17) is 4.74 Å². The topological polar surface area (TPSA) is 102 Å². The molecule has 1 atom stereocenters. The summed E-state index contributed by atoms with van der Waals surface area (Å²) in [7, 11) is 1.60. The molecule has 0 radical (unpaired) electrons. The first-order valence-electron chi connectivity index (χ1n) is 12.4. The lowest BCUT2D eigenvalue weighted by Crippen LogP contribution is -2.52. The molecule has 0 aromatic heterocycles. The Hall–Kier alpha value is -3.07. The van der Waals surface area contributed by atoms with Crippen molar-refractivity contribution >= 4 is 29.3 Å². The van der Waals surface area contributed by atoms with Crippen molar-refractivity contribution in [3.63, 3.8) is 0 Å². The number of hydrogen-bond donors (Lipinski definition) is 1. The van der Waals surface area contributed by atoms with E-state index < -0.39 is 11.0 Å². The van der Waals surface area contributed by atoms with Crippen LogP contribution in [-0.4, -0.2) is 46.6 Å². The van der Waals surface area contributed by atoms with E-state index in [1.165, 1.54) is 30.3 Å².